The Hall–Kier alpha value is -2.14. The largest absolute Gasteiger partial charge is 0.339 e. The molecule has 1 aliphatic heterocycles. The molecule has 0 bridgehead atoms. The molecule has 0 atom stereocenters. The van der Waals surface area contributed by atoms with Gasteiger partial charge in [0.25, 0.3) is 5.56 Å². The van der Waals surface area contributed by atoms with E-state index in [0.717, 1.165) is 31.6 Å². The van der Waals surface area contributed by atoms with Crippen LogP contribution < -0.4 is 5.56 Å². The minimum atomic E-state index is -0.101. The number of rotatable bonds is 2. The van der Waals surface area contributed by atoms with Gasteiger partial charge in [0.1, 0.15) is 6.54 Å². The standard InChI is InChI=1S/C16H19N3O2/c1-17-8-10-18(11-9-17)15(20)12-19-7-6-13-4-2-3-5-14(13)16(19)21/h2-7H,8-12H2,1H3. The molecule has 21 heavy (non-hydrogen) atoms. The Kier molecular flexibility index (Phi) is 3.75. The summed E-state index contributed by atoms with van der Waals surface area (Å²) in [5.74, 6) is 0.0143. The zero-order valence-corrected chi connectivity index (χ0v) is 12.2. The maximum Gasteiger partial charge on any atom is 0.258 e. The lowest BCUT2D eigenvalue weighted by Crippen LogP contribution is -2.48. The van der Waals surface area contributed by atoms with Gasteiger partial charge in [-0.1, -0.05) is 18.2 Å². The number of amides is 1. The third-order valence-electron chi connectivity index (χ3n) is 4.05. The van der Waals surface area contributed by atoms with Crippen LogP contribution in [0.2, 0.25) is 0 Å². The average Bonchev–Trinajstić information content (AvgIpc) is 2.51. The molecule has 0 spiro atoms. The molecule has 3 rings (SSSR count). The van der Waals surface area contributed by atoms with Crippen LogP contribution in [0.25, 0.3) is 10.8 Å². The molecule has 2 heterocycles. The van der Waals surface area contributed by atoms with Gasteiger partial charge in [0.2, 0.25) is 5.91 Å². The zero-order valence-electron chi connectivity index (χ0n) is 12.2. The van der Waals surface area contributed by atoms with Crippen molar-refractivity contribution >= 4 is 16.7 Å². The first-order valence-corrected chi connectivity index (χ1v) is 7.19. The highest BCUT2D eigenvalue weighted by Crippen LogP contribution is 2.08. The molecule has 0 aliphatic carbocycles. The van der Waals surface area contributed by atoms with Gasteiger partial charge in [-0.25, -0.2) is 0 Å². The molecule has 1 amide bonds. The van der Waals surface area contributed by atoms with E-state index in [1.165, 1.54) is 4.57 Å². The number of pyridine rings is 1. The van der Waals surface area contributed by atoms with Gasteiger partial charge in [0.05, 0.1) is 0 Å². The number of hydrogen-bond acceptors (Lipinski definition) is 3. The topological polar surface area (TPSA) is 45.5 Å². The lowest BCUT2D eigenvalue weighted by atomic mass is 10.2. The number of piperazine rings is 1. The highest BCUT2D eigenvalue weighted by Gasteiger charge is 2.19. The molecule has 5 nitrogen and oxygen atoms in total. The Balaban J connectivity index is 1.80. The van der Waals surface area contributed by atoms with E-state index in [4.69, 9.17) is 0 Å². The van der Waals surface area contributed by atoms with Gasteiger partial charge in [-0.05, 0) is 24.6 Å². The molecule has 1 fully saturated rings. The number of benzene rings is 1. The smallest absolute Gasteiger partial charge is 0.258 e. The van der Waals surface area contributed by atoms with Crippen LogP contribution in [-0.2, 0) is 11.3 Å². The quantitative estimate of drug-likeness (QED) is 0.819. The van der Waals surface area contributed by atoms with Gasteiger partial charge in [0, 0.05) is 37.8 Å². The molecule has 2 aromatic rings. The van der Waals surface area contributed by atoms with Crippen LogP contribution in [0.4, 0.5) is 0 Å². The Morgan fingerprint density at radius 2 is 1.81 bits per heavy atom. The first-order chi connectivity index (χ1) is 10.1. The predicted octanol–water partition coefficient (Wildman–Crippen LogP) is 0.775. The van der Waals surface area contributed by atoms with Gasteiger partial charge in [-0.3, -0.25) is 9.59 Å². The second kappa shape index (κ2) is 5.69. The number of hydrogen-bond donors (Lipinski definition) is 0. The molecule has 1 aliphatic rings. The lowest BCUT2D eigenvalue weighted by Gasteiger charge is -2.32. The molecule has 1 saturated heterocycles. The van der Waals surface area contributed by atoms with Crippen LogP contribution in [0.1, 0.15) is 0 Å². The fourth-order valence-electron chi connectivity index (χ4n) is 2.66. The van der Waals surface area contributed by atoms with Crippen molar-refractivity contribution in [1.82, 2.24) is 14.4 Å². The molecule has 1 aromatic carbocycles. The Labute approximate surface area is 123 Å². The summed E-state index contributed by atoms with van der Waals surface area (Å²) < 4.78 is 1.50. The van der Waals surface area contributed by atoms with E-state index in [1.807, 2.05) is 29.2 Å². The molecule has 0 saturated carbocycles. The van der Waals surface area contributed by atoms with Crippen LogP contribution in [0, 0.1) is 0 Å². The highest BCUT2D eigenvalue weighted by atomic mass is 16.2. The average molecular weight is 285 g/mol. The molecular weight excluding hydrogens is 266 g/mol. The van der Waals surface area contributed by atoms with Crippen molar-refractivity contribution < 1.29 is 4.79 Å². The summed E-state index contributed by atoms with van der Waals surface area (Å²) in [6.45, 7) is 3.36. The maximum absolute atomic E-state index is 12.4. The maximum atomic E-state index is 12.4. The lowest BCUT2D eigenvalue weighted by molar-refractivity contribution is -0.133. The van der Waals surface area contributed by atoms with Crippen molar-refractivity contribution in [2.24, 2.45) is 0 Å². The van der Waals surface area contributed by atoms with Gasteiger partial charge in [0.15, 0.2) is 0 Å². The van der Waals surface area contributed by atoms with Gasteiger partial charge in [-0.2, -0.15) is 0 Å². The molecule has 0 unspecified atom stereocenters. The second-order valence-corrected chi connectivity index (χ2v) is 5.52. The van der Waals surface area contributed by atoms with Gasteiger partial charge < -0.3 is 14.4 Å². The van der Waals surface area contributed by atoms with Crippen LogP contribution in [-0.4, -0.2) is 53.5 Å². The van der Waals surface area contributed by atoms with E-state index in [1.54, 1.807) is 12.3 Å². The van der Waals surface area contributed by atoms with Crippen molar-refractivity contribution in [1.29, 1.82) is 0 Å². The molecule has 5 heteroatoms. The summed E-state index contributed by atoms with van der Waals surface area (Å²) in [6, 6.07) is 9.34. The van der Waals surface area contributed by atoms with E-state index in [9.17, 15) is 9.59 Å². The van der Waals surface area contributed by atoms with Crippen LogP contribution in [0.15, 0.2) is 41.3 Å². The summed E-state index contributed by atoms with van der Waals surface area (Å²) in [7, 11) is 2.05. The molecule has 0 radical (unpaired) electrons. The van der Waals surface area contributed by atoms with E-state index >= 15 is 0 Å². The summed E-state index contributed by atoms with van der Waals surface area (Å²) in [4.78, 5) is 28.7. The Bertz CT molecular complexity index is 715. The summed E-state index contributed by atoms with van der Waals surface area (Å²) >= 11 is 0. The molecule has 1 aromatic heterocycles. The number of carbonyl (C=O) groups is 1. The van der Waals surface area contributed by atoms with Crippen molar-refractivity contribution in [3.63, 3.8) is 0 Å². The minimum Gasteiger partial charge on any atom is -0.339 e. The highest BCUT2D eigenvalue weighted by molar-refractivity contribution is 5.82. The first-order valence-electron chi connectivity index (χ1n) is 7.19. The zero-order chi connectivity index (χ0) is 14.8. The van der Waals surface area contributed by atoms with Crippen molar-refractivity contribution in [2.45, 2.75) is 6.54 Å². The summed E-state index contributed by atoms with van der Waals surface area (Å²) in [5, 5.41) is 1.57. The van der Waals surface area contributed by atoms with Crippen LogP contribution in [0.5, 0.6) is 0 Å². The third kappa shape index (κ3) is 2.83. The fourth-order valence-corrected chi connectivity index (χ4v) is 2.66. The number of carbonyl (C=O) groups excluding carboxylic acids is 1. The number of aromatic nitrogens is 1. The number of fused-ring (bicyclic) bond motifs is 1. The van der Waals surface area contributed by atoms with Gasteiger partial charge >= 0.3 is 0 Å². The predicted molar refractivity (Wildman–Crippen MR) is 82.3 cm³/mol. The van der Waals surface area contributed by atoms with E-state index < -0.39 is 0 Å². The normalized spacial score (nSPS) is 16.3. The van der Waals surface area contributed by atoms with E-state index in [2.05, 4.69) is 11.9 Å². The van der Waals surface area contributed by atoms with E-state index in [0.29, 0.717) is 5.39 Å². The number of likely N-dealkylation sites (N-methyl/N-ethyl adjacent to an activating group) is 1. The first kappa shape index (κ1) is 13.8. The summed E-state index contributed by atoms with van der Waals surface area (Å²) in [6.07, 6.45) is 1.71. The molecular formula is C16H19N3O2. The third-order valence-corrected chi connectivity index (χ3v) is 4.05. The van der Waals surface area contributed by atoms with Gasteiger partial charge in [-0.15, -0.1) is 0 Å². The fraction of sp³-hybridized carbons (Fsp3) is 0.375. The Morgan fingerprint density at radius 1 is 1.10 bits per heavy atom. The van der Waals surface area contributed by atoms with Crippen molar-refractivity contribution in [3.8, 4) is 0 Å². The SMILES string of the molecule is CN1CCN(C(=O)Cn2ccc3ccccc3c2=O)CC1. The van der Waals surface area contributed by atoms with Crippen molar-refractivity contribution in [2.75, 3.05) is 33.2 Å². The second-order valence-electron chi connectivity index (χ2n) is 5.52. The molecule has 110 valence electrons. The Morgan fingerprint density at radius 3 is 2.57 bits per heavy atom. The van der Waals surface area contributed by atoms with Crippen LogP contribution >= 0.6 is 0 Å². The minimum absolute atomic E-state index is 0.0143. The van der Waals surface area contributed by atoms with Crippen molar-refractivity contribution in [3.05, 3.63) is 46.9 Å². The number of nitrogens with zero attached hydrogens (tertiary/aromatic N) is 3. The summed E-state index contributed by atoms with van der Waals surface area (Å²) in [5.41, 5.74) is -0.101. The van der Waals surface area contributed by atoms with Crippen LogP contribution in [0.3, 0.4) is 0 Å². The van der Waals surface area contributed by atoms with E-state index in [-0.39, 0.29) is 18.0 Å². The monoisotopic (exact) mass is 285 g/mol. The molecule has 0 N–H and O–H groups in total.